The van der Waals surface area contributed by atoms with Gasteiger partial charge in [0.1, 0.15) is 5.75 Å². The molecule has 2 N–H and O–H groups in total. The van der Waals surface area contributed by atoms with Crippen LogP contribution in [0.25, 0.3) is 0 Å². The molecule has 0 saturated carbocycles. The van der Waals surface area contributed by atoms with Crippen LogP contribution >= 0.6 is 11.3 Å². The van der Waals surface area contributed by atoms with Crippen molar-refractivity contribution in [2.24, 2.45) is 0 Å². The summed E-state index contributed by atoms with van der Waals surface area (Å²) in [4.78, 5) is 13.0. The number of aliphatic hydroxyl groups excluding tert-OH is 1. The highest BCUT2D eigenvalue weighted by Crippen LogP contribution is 2.24. The van der Waals surface area contributed by atoms with E-state index in [4.69, 9.17) is 9.84 Å². The first-order chi connectivity index (χ1) is 10.2. The molecule has 0 aliphatic carbocycles. The lowest BCUT2D eigenvalue weighted by Gasteiger charge is -2.08. The Hall–Kier alpha value is -2.29. The second kappa shape index (κ2) is 7.48. The maximum absolute atomic E-state index is 12.2. The van der Waals surface area contributed by atoms with Gasteiger partial charge in [-0.15, -0.1) is 11.3 Å². The lowest BCUT2D eigenvalue weighted by Crippen LogP contribution is -2.11. The molecule has 0 radical (unpaired) electrons. The van der Waals surface area contributed by atoms with Crippen molar-refractivity contribution in [1.82, 2.24) is 0 Å². The van der Waals surface area contributed by atoms with Crippen LogP contribution in [0.15, 0.2) is 35.7 Å². The summed E-state index contributed by atoms with van der Waals surface area (Å²) < 4.78 is 5.19. The Morgan fingerprint density at radius 3 is 3.00 bits per heavy atom. The van der Waals surface area contributed by atoms with Gasteiger partial charge in [0.05, 0.1) is 29.8 Å². The number of hydrogen-bond donors (Lipinski definition) is 2. The predicted molar refractivity (Wildman–Crippen MR) is 83.8 cm³/mol. The minimum Gasteiger partial charge on any atom is -0.495 e. The number of carbonyl (C=O) groups is 1. The zero-order valence-electron chi connectivity index (χ0n) is 11.6. The van der Waals surface area contributed by atoms with Crippen LogP contribution in [0.5, 0.6) is 5.75 Å². The number of carbonyl (C=O) groups excluding carboxylic acids is 1. The van der Waals surface area contributed by atoms with Crippen LogP contribution in [0, 0.1) is 11.8 Å². The van der Waals surface area contributed by atoms with Crippen molar-refractivity contribution in [1.29, 1.82) is 0 Å². The van der Waals surface area contributed by atoms with Crippen molar-refractivity contribution in [3.8, 4) is 17.6 Å². The molecule has 0 fully saturated rings. The van der Waals surface area contributed by atoms with Crippen LogP contribution in [0.1, 0.15) is 21.7 Å². The minimum atomic E-state index is -0.203. The Balaban J connectivity index is 2.09. The highest BCUT2D eigenvalue weighted by molar-refractivity contribution is 7.10. The molecule has 2 rings (SSSR count). The number of ether oxygens (including phenoxy) is 1. The first kappa shape index (κ1) is 15.1. The van der Waals surface area contributed by atoms with Gasteiger partial charge < -0.3 is 15.2 Å². The predicted octanol–water partition coefficient (Wildman–Crippen LogP) is 2.74. The summed E-state index contributed by atoms with van der Waals surface area (Å²) in [5.41, 5.74) is 1.18. The molecule has 0 atom stereocenters. The first-order valence-corrected chi connectivity index (χ1v) is 7.25. The average Bonchev–Trinajstić information content (AvgIpc) is 2.97. The van der Waals surface area contributed by atoms with Crippen LogP contribution in [0.4, 0.5) is 5.69 Å². The molecule has 2 aromatic rings. The van der Waals surface area contributed by atoms with Crippen LogP contribution < -0.4 is 10.1 Å². The topological polar surface area (TPSA) is 58.6 Å². The molecule has 0 bridgehead atoms. The number of nitrogens with one attached hydrogen (secondary N) is 1. The van der Waals surface area contributed by atoms with E-state index < -0.39 is 0 Å². The van der Waals surface area contributed by atoms with E-state index in [0.717, 1.165) is 4.88 Å². The first-order valence-electron chi connectivity index (χ1n) is 6.37. The van der Waals surface area contributed by atoms with E-state index in [9.17, 15) is 4.79 Å². The number of thiophene rings is 1. The van der Waals surface area contributed by atoms with E-state index >= 15 is 0 Å². The molecule has 0 spiro atoms. The number of aliphatic hydroxyl groups is 1. The largest absolute Gasteiger partial charge is 0.495 e. The van der Waals surface area contributed by atoms with Gasteiger partial charge in [0.15, 0.2) is 0 Å². The van der Waals surface area contributed by atoms with E-state index in [-0.39, 0.29) is 12.5 Å². The van der Waals surface area contributed by atoms with E-state index in [1.807, 2.05) is 12.1 Å². The summed E-state index contributed by atoms with van der Waals surface area (Å²) in [6.45, 7) is 0.0412. The number of benzene rings is 1. The van der Waals surface area contributed by atoms with Crippen LogP contribution in [-0.4, -0.2) is 24.7 Å². The molecule has 1 aromatic carbocycles. The summed E-state index contributed by atoms with van der Waals surface area (Å²) in [6, 6.07) is 8.98. The third-order valence-electron chi connectivity index (χ3n) is 2.67. The molecule has 1 heterocycles. The molecule has 21 heavy (non-hydrogen) atoms. The quantitative estimate of drug-likeness (QED) is 0.854. The smallest absolute Gasteiger partial charge is 0.256 e. The number of para-hydroxylation sites is 2. The van der Waals surface area contributed by atoms with Gasteiger partial charge in [-0.05, 0) is 18.2 Å². The minimum absolute atomic E-state index is 0.0412. The lowest BCUT2D eigenvalue weighted by molar-refractivity contribution is 0.102. The molecule has 108 valence electrons. The van der Waals surface area contributed by atoms with Crippen molar-refractivity contribution >= 4 is 22.9 Å². The van der Waals surface area contributed by atoms with Crippen molar-refractivity contribution in [3.63, 3.8) is 0 Å². The second-order valence-corrected chi connectivity index (χ2v) is 5.04. The molecule has 4 nitrogen and oxygen atoms in total. The van der Waals surface area contributed by atoms with Crippen molar-refractivity contribution in [2.75, 3.05) is 19.0 Å². The summed E-state index contributed by atoms with van der Waals surface area (Å²) in [5, 5.41) is 13.2. The maximum Gasteiger partial charge on any atom is 0.256 e. The number of anilines is 1. The standard InChI is InChI=1S/C16H15NO3S/c1-20-15-8-3-2-7-14(15)17-16(19)12-10-13(21-11-12)6-4-5-9-18/h2-3,7-8,10-11,18H,5,9H2,1H3,(H,17,19). The Kier molecular flexibility index (Phi) is 5.38. The molecule has 5 heteroatoms. The van der Waals surface area contributed by atoms with Gasteiger partial charge in [-0.3, -0.25) is 4.79 Å². The van der Waals surface area contributed by atoms with Crippen molar-refractivity contribution < 1.29 is 14.6 Å². The van der Waals surface area contributed by atoms with E-state index in [2.05, 4.69) is 17.2 Å². The lowest BCUT2D eigenvalue weighted by atomic mass is 10.2. The van der Waals surface area contributed by atoms with Gasteiger partial charge in [0, 0.05) is 11.8 Å². The highest BCUT2D eigenvalue weighted by Gasteiger charge is 2.10. The molecule has 1 aromatic heterocycles. The van der Waals surface area contributed by atoms with Crippen LogP contribution in [0.2, 0.25) is 0 Å². The highest BCUT2D eigenvalue weighted by atomic mass is 32.1. The SMILES string of the molecule is COc1ccccc1NC(=O)c1csc(C#CCCO)c1. The monoisotopic (exact) mass is 301 g/mol. The number of amides is 1. The van der Waals surface area contributed by atoms with Crippen molar-refractivity contribution in [3.05, 3.63) is 46.2 Å². The summed E-state index contributed by atoms with van der Waals surface area (Å²) >= 11 is 1.40. The summed E-state index contributed by atoms with van der Waals surface area (Å²) in [7, 11) is 1.56. The Labute approximate surface area is 127 Å². The Bertz CT molecular complexity index is 682. The third-order valence-corrected chi connectivity index (χ3v) is 3.51. The molecule has 0 saturated heterocycles. The number of rotatable bonds is 4. The molecular weight excluding hydrogens is 286 g/mol. The summed E-state index contributed by atoms with van der Waals surface area (Å²) in [5.74, 6) is 6.15. The number of hydrogen-bond acceptors (Lipinski definition) is 4. The second-order valence-electron chi connectivity index (χ2n) is 4.13. The fourth-order valence-electron chi connectivity index (χ4n) is 1.67. The molecular formula is C16H15NO3S. The zero-order valence-corrected chi connectivity index (χ0v) is 12.4. The fraction of sp³-hybridized carbons (Fsp3) is 0.188. The van der Waals surface area contributed by atoms with Crippen LogP contribution in [0.3, 0.4) is 0 Å². The van der Waals surface area contributed by atoms with Gasteiger partial charge >= 0.3 is 0 Å². The van der Waals surface area contributed by atoms with E-state index in [0.29, 0.717) is 23.4 Å². The maximum atomic E-state index is 12.2. The normalized spacial score (nSPS) is 9.62. The number of methoxy groups -OCH3 is 1. The fourth-order valence-corrected chi connectivity index (χ4v) is 2.42. The summed E-state index contributed by atoms with van der Waals surface area (Å²) in [6.07, 6.45) is 0.431. The van der Waals surface area contributed by atoms with Crippen molar-refractivity contribution in [2.45, 2.75) is 6.42 Å². The van der Waals surface area contributed by atoms with Gasteiger partial charge in [0.25, 0.3) is 5.91 Å². The average molecular weight is 301 g/mol. The Morgan fingerprint density at radius 2 is 2.24 bits per heavy atom. The zero-order chi connectivity index (χ0) is 15.1. The molecule has 0 unspecified atom stereocenters. The molecule has 0 aliphatic heterocycles. The van der Waals surface area contributed by atoms with Gasteiger partial charge in [-0.2, -0.15) is 0 Å². The van der Waals surface area contributed by atoms with E-state index in [1.165, 1.54) is 11.3 Å². The molecule has 0 aliphatic rings. The van der Waals surface area contributed by atoms with Gasteiger partial charge in [0.2, 0.25) is 0 Å². The van der Waals surface area contributed by atoms with Gasteiger partial charge in [-0.25, -0.2) is 0 Å². The van der Waals surface area contributed by atoms with Gasteiger partial charge in [-0.1, -0.05) is 24.0 Å². The van der Waals surface area contributed by atoms with E-state index in [1.54, 1.807) is 30.7 Å². The third kappa shape index (κ3) is 4.09. The molecule has 1 amide bonds. The Morgan fingerprint density at radius 1 is 1.43 bits per heavy atom. The van der Waals surface area contributed by atoms with Crippen LogP contribution in [-0.2, 0) is 0 Å².